The van der Waals surface area contributed by atoms with E-state index >= 15 is 0 Å². The first kappa shape index (κ1) is 22.4. The minimum atomic E-state index is -4.47. The number of morpholine rings is 1. The van der Waals surface area contributed by atoms with Gasteiger partial charge in [-0.1, -0.05) is 17.8 Å². The summed E-state index contributed by atoms with van der Waals surface area (Å²) < 4.78 is 48.7. The van der Waals surface area contributed by atoms with Gasteiger partial charge < -0.3 is 14.2 Å². The summed E-state index contributed by atoms with van der Waals surface area (Å²) in [6.07, 6.45) is -2.20. The lowest BCUT2D eigenvalue weighted by Gasteiger charge is -2.26. The van der Waals surface area contributed by atoms with Crippen LogP contribution in [-0.4, -0.2) is 62.2 Å². The number of aryl methyl sites for hydroxylation is 1. The van der Waals surface area contributed by atoms with E-state index in [1.54, 1.807) is 15.5 Å². The van der Waals surface area contributed by atoms with Gasteiger partial charge in [0.15, 0.2) is 5.16 Å². The number of hydrogen-bond donors (Lipinski definition) is 0. The Bertz CT molecular complexity index is 1090. The van der Waals surface area contributed by atoms with E-state index in [-0.39, 0.29) is 11.7 Å². The number of benzene rings is 1. The van der Waals surface area contributed by atoms with Crippen LogP contribution in [0.3, 0.4) is 0 Å². The van der Waals surface area contributed by atoms with Crippen LogP contribution in [0, 0.1) is 0 Å². The quantitative estimate of drug-likeness (QED) is 0.524. The summed E-state index contributed by atoms with van der Waals surface area (Å²) in [6, 6.07) is 8.85. The van der Waals surface area contributed by atoms with Gasteiger partial charge in [0, 0.05) is 38.4 Å². The third kappa shape index (κ3) is 4.99. The molecule has 32 heavy (non-hydrogen) atoms. The van der Waals surface area contributed by atoms with Gasteiger partial charge in [-0.25, -0.2) is 0 Å². The summed E-state index contributed by atoms with van der Waals surface area (Å²) in [5.41, 5.74) is 0.482. The third-order valence-corrected chi connectivity index (χ3v) is 6.12. The second-order valence-corrected chi connectivity index (χ2v) is 8.29. The van der Waals surface area contributed by atoms with Crippen molar-refractivity contribution in [3.8, 4) is 5.69 Å². The highest BCUT2D eigenvalue weighted by atomic mass is 32.2. The number of nitrogens with zero attached hydrogens (tertiary/aromatic N) is 5. The van der Waals surface area contributed by atoms with Gasteiger partial charge in [0.25, 0.3) is 0 Å². The van der Waals surface area contributed by atoms with Gasteiger partial charge in [0.1, 0.15) is 5.82 Å². The number of carbonyl (C=O) groups excluding carboxylic acids is 1. The van der Waals surface area contributed by atoms with E-state index in [1.807, 2.05) is 29.9 Å². The predicted octanol–water partition coefficient (Wildman–Crippen LogP) is 3.17. The molecule has 7 nitrogen and oxygen atoms in total. The Morgan fingerprint density at radius 2 is 1.94 bits per heavy atom. The Morgan fingerprint density at radius 3 is 2.62 bits per heavy atom. The predicted molar refractivity (Wildman–Crippen MR) is 113 cm³/mol. The van der Waals surface area contributed by atoms with Crippen molar-refractivity contribution in [2.24, 2.45) is 7.05 Å². The number of alkyl halides is 3. The summed E-state index contributed by atoms with van der Waals surface area (Å²) in [4.78, 5) is 14.3. The number of ether oxygens (including phenoxy) is 1. The highest BCUT2D eigenvalue weighted by Gasteiger charge is 2.31. The molecule has 1 aliphatic heterocycles. The van der Waals surface area contributed by atoms with Gasteiger partial charge in [-0.15, -0.1) is 10.2 Å². The zero-order valence-corrected chi connectivity index (χ0v) is 18.2. The Morgan fingerprint density at radius 1 is 1.16 bits per heavy atom. The Hall–Kier alpha value is -2.79. The molecule has 1 aliphatic rings. The van der Waals surface area contributed by atoms with Gasteiger partial charge >= 0.3 is 6.18 Å². The topological polar surface area (TPSA) is 65.2 Å². The average molecular weight is 466 g/mol. The maximum atomic E-state index is 13.3. The van der Waals surface area contributed by atoms with Gasteiger partial charge in [-0.05, 0) is 30.3 Å². The van der Waals surface area contributed by atoms with Crippen molar-refractivity contribution in [1.82, 2.24) is 24.2 Å². The largest absolute Gasteiger partial charge is 0.416 e. The van der Waals surface area contributed by atoms with E-state index in [0.717, 1.165) is 29.6 Å². The molecule has 1 aromatic carbocycles. The molecule has 1 amide bonds. The van der Waals surface area contributed by atoms with E-state index in [9.17, 15) is 18.0 Å². The number of amides is 1. The van der Waals surface area contributed by atoms with Gasteiger partial charge in [0.2, 0.25) is 5.91 Å². The number of halogens is 3. The molecule has 0 unspecified atom stereocenters. The van der Waals surface area contributed by atoms with Crippen LogP contribution in [0.4, 0.5) is 13.2 Å². The molecule has 0 saturated carbocycles. The van der Waals surface area contributed by atoms with E-state index in [4.69, 9.17) is 4.74 Å². The number of thioether (sulfide) groups is 1. The Balaban J connectivity index is 1.64. The van der Waals surface area contributed by atoms with E-state index < -0.39 is 11.7 Å². The molecule has 2 aromatic heterocycles. The SMILES string of the molecule is Cn1cccc1Cc1nnc(SCC(=O)N2CCOCC2)n1-c1cccc(C(F)(F)F)c1. The van der Waals surface area contributed by atoms with Crippen LogP contribution in [0.5, 0.6) is 0 Å². The highest BCUT2D eigenvalue weighted by molar-refractivity contribution is 7.99. The molecule has 3 aromatic rings. The van der Waals surface area contributed by atoms with Crippen LogP contribution in [-0.2, 0) is 29.2 Å². The molecule has 0 radical (unpaired) electrons. The Kier molecular flexibility index (Phi) is 6.56. The molecule has 0 spiro atoms. The lowest BCUT2D eigenvalue weighted by Crippen LogP contribution is -2.41. The molecule has 170 valence electrons. The molecule has 4 rings (SSSR count). The molecule has 11 heteroatoms. The summed E-state index contributed by atoms with van der Waals surface area (Å²) in [7, 11) is 1.89. The van der Waals surface area contributed by atoms with Crippen molar-refractivity contribution in [3.05, 3.63) is 59.7 Å². The maximum absolute atomic E-state index is 13.3. The van der Waals surface area contributed by atoms with Crippen molar-refractivity contribution < 1.29 is 22.7 Å². The van der Waals surface area contributed by atoms with Gasteiger partial charge in [0.05, 0.1) is 30.2 Å². The van der Waals surface area contributed by atoms with Crippen molar-refractivity contribution >= 4 is 17.7 Å². The third-order valence-electron chi connectivity index (χ3n) is 5.21. The van der Waals surface area contributed by atoms with E-state index in [0.29, 0.717) is 49.4 Å². The number of carbonyl (C=O) groups is 1. The molecule has 0 N–H and O–H groups in total. The number of hydrogen-bond acceptors (Lipinski definition) is 5. The normalized spacial score (nSPS) is 14.7. The van der Waals surface area contributed by atoms with Crippen LogP contribution >= 0.6 is 11.8 Å². The average Bonchev–Trinajstić information content (AvgIpc) is 3.38. The van der Waals surface area contributed by atoms with Crippen molar-refractivity contribution in [1.29, 1.82) is 0 Å². The molecular weight excluding hydrogens is 443 g/mol. The Labute approximate surface area is 187 Å². The van der Waals surface area contributed by atoms with Crippen LogP contribution in [0.2, 0.25) is 0 Å². The van der Waals surface area contributed by atoms with Crippen molar-refractivity contribution in [3.63, 3.8) is 0 Å². The van der Waals surface area contributed by atoms with Crippen molar-refractivity contribution in [2.45, 2.75) is 17.8 Å². The second-order valence-electron chi connectivity index (χ2n) is 7.35. The number of aromatic nitrogens is 4. The second kappa shape index (κ2) is 9.37. The fourth-order valence-electron chi connectivity index (χ4n) is 3.46. The van der Waals surface area contributed by atoms with Crippen molar-refractivity contribution in [2.75, 3.05) is 32.1 Å². The van der Waals surface area contributed by atoms with E-state index in [2.05, 4.69) is 10.2 Å². The molecule has 1 saturated heterocycles. The van der Waals surface area contributed by atoms with Gasteiger partial charge in [-0.2, -0.15) is 13.2 Å². The number of rotatable bonds is 6. The molecule has 1 fully saturated rings. The molecule has 0 aliphatic carbocycles. The fourth-order valence-corrected chi connectivity index (χ4v) is 4.34. The zero-order chi connectivity index (χ0) is 22.7. The summed E-state index contributed by atoms with van der Waals surface area (Å²) >= 11 is 1.16. The molecule has 3 heterocycles. The fraction of sp³-hybridized carbons (Fsp3) is 0.381. The monoisotopic (exact) mass is 465 g/mol. The minimum Gasteiger partial charge on any atom is -0.378 e. The van der Waals surface area contributed by atoms with E-state index in [1.165, 1.54) is 6.07 Å². The maximum Gasteiger partial charge on any atom is 0.416 e. The van der Waals surface area contributed by atoms with Gasteiger partial charge in [-0.3, -0.25) is 9.36 Å². The summed E-state index contributed by atoms with van der Waals surface area (Å²) in [5.74, 6) is 0.537. The first-order chi connectivity index (χ1) is 15.3. The summed E-state index contributed by atoms with van der Waals surface area (Å²) in [6.45, 7) is 2.05. The molecule has 0 atom stereocenters. The first-order valence-electron chi connectivity index (χ1n) is 10.0. The van der Waals surface area contributed by atoms with Crippen LogP contribution < -0.4 is 0 Å². The smallest absolute Gasteiger partial charge is 0.378 e. The van der Waals surface area contributed by atoms with Crippen LogP contribution in [0.1, 0.15) is 17.1 Å². The molecular formula is C21H22F3N5O2S. The van der Waals surface area contributed by atoms with Crippen LogP contribution in [0.15, 0.2) is 47.8 Å². The highest BCUT2D eigenvalue weighted by Crippen LogP contribution is 2.32. The lowest BCUT2D eigenvalue weighted by atomic mass is 10.2. The van der Waals surface area contributed by atoms with Crippen LogP contribution in [0.25, 0.3) is 5.69 Å². The molecule has 0 bridgehead atoms. The lowest BCUT2D eigenvalue weighted by molar-refractivity contribution is -0.137. The zero-order valence-electron chi connectivity index (χ0n) is 17.4. The first-order valence-corrected chi connectivity index (χ1v) is 11.0. The standard InChI is InChI=1S/C21H22F3N5O2S/c1-27-7-3-6-16(27)13-18-25-26-20(32-14-19(30)28-8-10-31-11-9-28)29(18)17-5-2-4-15(12-17)21(22,23)24/h2-7,12H,8-11,13-14H2,1H3. The minimum absolute atomic E-state index is 0.0686. The summed E-state index contributed by atoms with van der Waals surface area (Å²) in [5, 5.41) is 8.82.